The van der Waals surface area contributed by atoms with Crippen molar-refractivity contribution in [1.29, 1.82) is 0 Å². The number of aromatic nitrogens is 2. The van der Waals surface area contributed by atoms with Crippen LogP contribution in [0.1, 0.15) is 43.0 Å². The zero-order valence-corrected chi connectivity index (χ0v) is 20.5. The number of rotatable bonds is 8. The Morgan fingerprint density at radius 1 is 1.03 bits per heavy atom. The topological polar surface area (TPSA) is 90.3 Å². The lowest BCUT2D eigenvalue weighted by Gasteiger charge is -2.07. The Labute approximate surface area is 207 Å². The molecule has 0 aliphatic heterocycles. The summed E-state index contributed by atoms with van der Waals surface area (Å²) in [7, 11) is 0. The number of hydrogen-bond donors (Lipinski definition) is 1. The fourth-order valence-electron chi connectivity index (χ4n) is 3.63. The minimum absolute atomic E-state index is 0.143. The fraction of sp³-hybridized carbons (Fsp3) is 0.185. The lowest BCUT2D eigenvalue weighted by Crippen LogP contribution is -2.18. The van der Waals surface area contributed by atoms with Crippen molar-refractivity contribution in [1.82, 2.24) is 15.1 Å². The highest BCUT2D eigenvalue weighted by atomic mass is 32.1. The van der Waals surface area contributed by atoms with Gasteiger partial charge < -0.3 is 10.1 Å². The van der Waals surface area contributed by atoms with E-state index in [4.69, 9.17) is 4.74 Å². The molecule has 0 atom stereocenters. The molecule has 2 heterocycles. The molecular formula is C27H25N3O4S. The Balaban J connectivity index is 1.56. The molecule has 0 radical (unpaired) electrons. The van der Waals surface area contributed by atoms with Crippen LogP contribution in [0.15, 0.2) is 66.9 Å². The van der Waals surface area contributed by atoms with Crippen molar-refractivity contribution >= 4 is 29.0 Å². The van der Waals surface area contributed by atoms with Crippen molar-refractivity contribution in [3.05, 3.63) is 93.3 Å². The number of benzene rings is 2. The first-order chi connectivity index (χ1) is 16.8. The van der Waals surface area contributed by atoms with Crippen LogP contribution in [0.25, 0.3) is 16.9 Å². The molecule has 1 N–H and O–H groups in total. The summed E-state index contributed by atoms with van der Waals surface area (Å²) in [5.74, 6) is -1.07. The second kappa shape index (κ2) is 10.5. The number of aryl methyl sites for hydroxylation is 2. The lowest BCUT2D eigenvalue weighted by molar-refractivity contribution is -0.119. The second-order valence-corrected chi connectivity index (χ2v) is 9.33. The van der Waals surface area contributed by atoms with Gasteiger partial charge in [0.2, 0.25) is 11.7 Å². The van der Waals surface area contributed by atoms with Gasteiger partial charge in [-0.25, -0.2) is 9.48 Å². The Morgan fingerprint density at radius 3 is 2.51 bits per heavy atom. The van der Waals surface area contributed by atoms with E-state index in [0.29, 0.717) is 17.1 Å². The molecule has 0 bridgehead atoms. The SMILES string of the molecule is CC(=O)NCc1ccc(C(=O)COC(=O)c2cn(-c3ccccc3)nc2-c2ccc(C)cc2C)s1. The van der Waals surface area contributed by atoms with Crippen molar-refractivity contribution in [3.8, 4) is 16.9 Å². The van der Waals surface area contributed by atoms with Crippen molar-refractivity contribution in [3.63, 3.8) is 0 Å². The van der Waals surface area contributed by atoms with Gasteiger partial charge in [0, 0.05) is 23.6 Å². The number of thiophene rings is 1. The first-order valence-electron chi connectivity index (χ1n) is 11.1. The number of amides is 1. The van der Waals surface area contributed by atoms with E-state index in [9.17, 15) is 14.4 Å². The summed E-state index contributed by atoms with van der Waals surface area (Å²) >= 11 is 1.26. The number of ketones is 1. The van der Waals surface area contributed by atoms with Crippen molar-refractivity contribution in [2.45, 2.75) is 27.3 Å². The van der Waals surface area contributed by atoms with E-state index in [0.717, 1.165) is 27.3 Å². The van der Waals surface area contributed by atoms with Crippen LogP contribution in [-0.2, 0) is 16.1 Å². The average Bonchev–Trinajstić information content (AvgIpc) is 3.49. The largest absolute Gasteiger partial charge is 0.454 e. The predicted molar refractivity (Wildman–Crippen MR) is 135 cm³/mol. The van der Waals surface area contributed by atoms with Gasteiger partial charge in [-0.3, -0.25) is 9.59 Å². The van der Waals surface area contributed by atoms with Crippen LogP contribution < -0.4 is 5.32 Å². The van der Waals surface area contributed by atoms with Crippen LogP contribution in [-0.4, -0.2) is 34.0 Å². The summed E-state index contributed by atoms with van der Waals surface area (Å²) in [5.41, 5.74) is 4.50. The van der Waals surface area contributed by atoms with Gasteiger partial charge in [0.25, 0.3) is 0 Å². The minimum Gasteiger partial charge on any atom is -0.454 e. The molecule has 2 aromatic heterocycles. The molecule has 0 aliphatic rings. The third kappa shape index (κ3) is 5.73. The van der Waals surface area contributed by atoms with E-state index >= 15 is 0 Å². The van der Waals surface area contributed by atoms with Crippen LogP contribution in [0, 0.1) is 13.8 Å². The van der Waals surface area contributed by atoms with E-state index < -0.39 is 5.97 Å². The normalized spacial score (nSPS) is 10.7. The quantitative estimate of drug-likeness (QED) is 0.282. The molecule has 0 saturated heterocycles. The molecule has 0 saturated carbocycles. The van der Waals surface area contributed by atoms with E-state index in [2.05, 4.69) is 10.4 Å². The predicted octanol–water partition coefficient (Wildman–Crippen LogP) is 4.89. The number of nitrogens with one attached hydrogen (secondary N) is 1. The van der Waals surface area contributed by atoms with Gasteiger partial charge in [0.15, 0.2) is 6.61 Å². The van der Waals surface area contributed by atoms with E-state index in [1.165, 1.54) is 18.3 Å². The molecule has 8 heteroatoms. The molecule has 178 valence electrons. The minimum atomic E-state index is -0.620. The van der Waals surface area contributed by atoms with Crippen LogP contribution in [0.2, 0.25) is 0 Å². The maximum atomic E-state index is 13.1. The van der Waals surface area contributed by atoms with Gasteiger partial charge in [-0.15, -0.1) is 11.3 Å². The van der Waals surface area contributed by atoms with Crippen molar-refractivity contribution < 1.29 is 19.1 Å². The highest BCUT2D eigenvalue weighted by molar-refractivity contribution is 7.14. The Hall–Kier alpha value is -4.04. The number of esters is 1. The van der Waals surface area contributed by atoms with Crippen LogP contribution in [0.3, 0.4) is 0 Å². The van der Waals surface area contributed by atoms with Gasteiger partial charge in [-0.1, -0.05) is 42.0 Å². The van der Waals surface area contributed by atoms with E-state index in [1.54, 1.807) is 23.0 Å². The first-order valence-corrected chi connectivity index (χ1v) is 11.9. The smallest absolute Gasteiger partial charge is 0.342 e. The molecule has 2 aromatic carbocycles. The number of para-hydroxylation sites is 1. The summed E-state index contributed by atoms with van der Waals surface area (Å²) in [6, 6.07) is 18.9. The Bertz CT molecular complexity index is 1390. The molecule has 0 fully saturated rings. The number of ether oxygens (including phenoxy) is 1. The number of carbonyl (C=O) groups excluding carboxylic acids is 3. The van der Waals surface area contributed by atoms with E-state index in [1.807, 2.05) is 62.4 Å². The monoisotopic (exact) mass is 487 g/mol. The molecule has 7 nitrogen and oxygen atoms in total. The molecule has 4 rings (SSSR count). The highest BCUT2D eigenvalue weighted by Crippen LogP contribution is 2.28. The number of carbonyl (C=O) groups is 3. The van der Waals surface area contributed by atoms with Crippen LogP contribution >= 0.6 is 11.3 Å². The van der Waals surface area contributed by atoms with Gasteiger partial charge in [0.05, 0.1) is 17.1 Å². The molecule has 35 heavy (non-hydrogen) atoms. The Morgan fingerprint density at radius 2 is 1.80 bits per heavy atom. The van der Waals surface area contributed by atoms with Crippen LogP contribution in [0.5, 0.6) is 0 Å². The van der Waals surface area contributed by atoms with Gasteiger partial charge in [-0.2, -0.15) is 5.10 Å². The third-order valence-electron chi connectivity index (χ3n) is 5.37. The summed E-state index contributed by atoms with van der Waals surface area (Å²) in [4.78, 5) is 38.1. The molecule has 1 amide bonds. The summed E-state index contributed by atoms with van der Waals surface area (Å²) < 4.78 is 7.06. The lowest BCUT2D eigenvalue weighted by atomic mass is 10.0. The fourth-order valence-corrected chi connectivity index (χ4v) is 4.50. The maximum Gasteiger partial charge on any atom is 0.342 e. The van der Waals surface area contributed by atoms with Gasteiger partial charge >= 0.3 is 5.97 Å². The number of Topliss-reactive ketones (excluding diaryl/α,β-unsaturated/α-hetero) is 1. The molecular weight excluding hydrogens is 462 g/mol. The summed E-state index contributed by atoms with van der Waals surface area (Å²) in [6.07, 6.45) is 1.63. The number of hydrogen-bond acceptors (Lipinski definition) is 6. The zero-order valence-electron chi connectivity index (χ0n) is 19.7. The van der Waals surface area contributed by atoms with Gasteiger partial charge in [0.1, 0.15) is 11.3 Å². The van der Waals surface area contributed by atoms with Crippen LogP contribution in [0.4, 0.5) is 0 Å². The zero-order chi connectivity index (χ0) is 24.9. The molecule has 4 aromatic rings. The molecule has 0 spiro atoms. The molecule has 0 aliphatic carbocycles. The summed E-state index contributed by atoms with van der Waals surface area (Å²) in [6.45, 7) is 5.38. The maximum absolute atomic E-state index is 13.1. The van der Waals surface area contributed by atoms with Crippen molar-refractivity contribution in [2.75, 3.05) is 6.61 Å². The standard InChI is InChI=1S/C27H25N3O4S/c1-17-9-11-22(18(2)13-17)26-23(15-30(29-26)20-7-5-4-6-8-20)27(33)34-16-24(32)25-12-10-21(35-25)14-28-19(3)31/h4-13,15H,14,16H2,1-3H3,(H,28,31). The van der Waals surface area contributed by atoms with Crippen molar-refractivity contribution in [2.24, 2.45) is 0 Å². The van der Waals surface area contributed by atoms with Gasteiger partial charge in [-0.05, 0) is 43.7 Å². The van der Waals surface area contributed by atoms with E-state index in [-0.39, 0.29) is 23.9 Å². The highest BCUT2D eigenvalue weighted by Gasteiger charge is 2.22. The average molecular weight is 488 g/mol. The number of nitrogens with zero attached hydrogens (tertiary/aromatic N) is 2. The summed E-state index contributed by atoms with van der Waals surface area (Å²) in [5, 5.41) is 7.38. The molecule has 0 unspecified atom stereocenters. The second-order valence-electron chi connectivity index (χ2n) is 8.16. The third-order valence-corrected chi connectivity index (χ3v) is 6.50. The Kier molecular flexibility index (Phi) is 7.22. The first kappa shape index (κ1) is 24.1.